The first-order valence-electron chi connectivity index (χ1n) is 9.66. The second-order valence-corrected chi connectivity index (χ2v) is 7.22. The smallest absolute Gasteiger partial charge is 0.294 e. The fourth-order valence-electron chi connectivity index (χ4n) is 2.97. The number of anilines is 2. The van der Waals surface area contributed by atoms with Gasteiger partial charge in [0.15, 0.2) is 5.69 Å². The van der Waals surface area contributed by atoms with E-state index >= 15 is 0 Å². The Balaban J connectivity index is 1.62. The van der Waals surface area contributed by atoms with Crippen LogP contribution in [-0.4, -0.2) is 51.5 Å². The lowest BCUT2D eigenvalue weighted by Crippen LogP contribution is -2.19. The molecule has 0 aliphatic heterocycles. The third-order valence-corrected chi connectivity index (χ3v) is 4.70. The van der Waals surface area contributed by atoms with Crippen LogP contribution in [0.1, 0.15) is 21.6 Å². The summed E-state index contributed by atoms with van der Waals surface area (Å²) in [5, 5.41) is 19.4. The predicted octanol–water partition coefficient (Wildman–Crippen LogP) is 2.04. The zero-order valence-electron chi connectivity index (χ0n) is 17.7. The normalized spacial score (nSPS) is 11.1. The summed E-state index contributed by atoms with van der Waals surface area (Å²) in [4.78, 5) is 14.9. The Bertz CT molecular complexity index is 1260. The molecule has 4 aromatic rings. The van der Waals surface area contributed by atoms with Crippen molar-refractivity contribution in [2.45, 2.75) is 6.92 Å². The van der Waals surface area contributed by atoms with Gasteiger partial charge in [-0.15, -0.1) is 5.10 Å². The molecular formula is C21H21N9O2. The average molecular weight is 431 g/mol. The van der Waals surface area contributed by atoms with Gasteiger partial charge < -0.3 is 10.6 Å². The largest absolute Gasteiger partial charge is 0.378 e. The number of carbonyl (C=O) groups is 1. The van der Waals surface area contributed by atoms with Gasteiger partial charge in [0.05, 0.1) is 6.21 Å². The van der Waals surface area contributed by atoms with Crippen LogP contribution in [0.2, 0.25) is 0 Å². The Hall–Kier alpha value is -4.54. The van der Waals surface area contributed by atoms with Crippen molar-refractivity contribution in [2.75, 3.05) is 24.7 Å². The summed E-state index contributed by atoms with van der Waals surface area (Å²) in [5.41, 5.74) is 12.4. The molecule has 0 aliphatic rings. The Morgan fingerprint density at radius 1 is 1.12 bits per heavy atom. The van der Waals surface area contributed by atoms with Crippen LogP contribution >= 0.6 is 0 Å². The van der Waals surface area contributed by atoms with Crippen LogP contribution < -0.4 is 16.1 Å². The van der Waals surface area contributed by atoms with Crippen molar-refractivity contribution in [3.05, 3.63) is 65.4 Å². The maximum absolute atomic E-state index is 12.9. The summed E-state index contributed by atoms with van der Waals surface area (Å²) < 4.78 is 5.99. The van der Waals surface area contributed by atoms with Gasteiger partial charge in [-0.3, -0.25) is 4.79 Å². The first kappa shape index (κ1) is 20.7. The second-order valence-electron chi connectivity index (χ2n) is 7.22. The molecule has 32 heavy (non-hydrogen) atoms. The molecule has 0 atom stereocenters. The van der Waals surface area contributed by atoms with Gasteiger partial charge in [-0.25, -0.2) is 10.1 Å². The highest BCUT2D eigenvalue weighted by Crippen LogP contribution is 2.26. The SMILES string of the molecule is Cc1ccc(-c2c(C(=O)N/N=C/c3ccc(N(C)C)cc3)nnn2-c2nonc2N)cc1. The first-order chi connectivity index (χ1) is 15.4. The molecule has 0 saturated carbocycles. The number of hydrogen-bond acceptors (Lipinski definition) is 9. The number of benzene rings is 2. The van der Waals surface area contributed by atoms with E-state index in [4.69, 9.17) is 5.73 Å². The predicted molar refractivity (Wildman–Crippen MR) is 120 cm³/mol. The molecule has 4 rings (SSSR count). The van der Waals surface area contributed by atoms with Crippen molar-refractivity contribution in [3.63, 3.8) is 0 Å². The summed E-state index contributed by atoms with van der Waals surface area (Å²) >= 11 is 0. The molecule has 0 radical (unpaired) electrons. The van der Waals surface area contributed by atoms with Crippen LogP contribution in [0.3, 0.4) is 0 Å². The van der Waals surface area contributed by atoms with E-state index in [2.05, 4.69) is 35.8 Å². The number of nitrogen functional groups attached to an aromatic ring is 1. The number of amides is 1. The van der Waals surface area contributed by atoms with Crippen LogP contribution in [0.5, 0.6) is 0 Å². The summed E-state index contributed by atoms with van der Waals surface area (Å²) in [6.45, 7) is 1.96. The van der Waals surface area contributed by atoms with Crippen LogP contribution in [0.25, 0.3) is 17.1 Å². The highest BCUT2D eigenvalue weighted by atomic mass is 16.6. The molecule has 11 nitrogen and oxygen atoms in total. The highest BCUT2D eigenvalue weighted by molar-refractivity contribution is 5.98. The maximum Gasteiger partial charge on any atom is 0.294 e. The van der Waals surface area contributed by atoms with Gasteiger partial charge in [0.2, 0.25) is 11.6 Å². The zero-order valence-corrected chi connectivity index (χ0v) is 17.7. The van der Waals surface area contributed by atoms with Crippen molar-refractivity contribution < 1.29 is 9.42 Å². The molecule has 0 saturated heterocycles. The minimum atomic E-state index is -0.539. The number of nitrogens with zero attached hydrogens (tertiary/aromatic N) is 7. The fraction of sp³-hybridized carbons (Fsp3) is 0.143. The number of carbonyl (C=O) groups excluding carboxylic acids is 1. The van der Waals surface area contributed by atoms with E-state index < -0.39 is 5.91 Å². The summed E-state index contributed by atoms with van der Waals surface area (Å²) in [6, 6.07) is 15.2. The Kier molecular flexibility index (Phi) is 5.62. The lowest BCUT2D eigenvalue weighted by molar-refractivity contribution is 0.0950. The number of nitrogens with one attached hydrogen (secondary N) is 1. The van der Waals surface area contributed by atoms with Gasteiger partial charge in [-0.2, -0.15) is 9.78 Å². The summed E-state index contributed by atoms with van der Waals surface area (Å²) in [6.07, 6.45) is 1.55. The second kappa shape index (κ2) is 8.68. The number of rotatable bonds is 6. The number of aryl methyl sites for hydroxylation is 1. The lowest BCUT2D eigenvalue weighted by Gasteiger charge is -2.11. The average Bonchev–Trinajstić information content (AvgIpc) is 3.40. The lowest BCUT2D eigenvalue weighted by atomic mass is 10.1. The van der Waals surface area contributed by atoms with Gasteiger partial charge in [-0.1, -0.05) is 47.2 Å². The van der Waals surface area contributed by atoms with E-state index in [0.29, 0.717) is 11.3 Å². The van der Waals surface area contributed by atoms with Gasteiger partial charge in [0.1, 0.15) is 5.69 Å². The maximum atomic E-state index is 12.9. The van der Waals surface area contributed by atoms with Crippen LogP contribution in [0.4, 0.5) is 11.5 Å². The molecular weight excluding hydrogens is 410 g/mol. The molecule has 11 heteroatoms. The number of hydrazone groups is 1. The van der Waals surface area contributed by atoms with Crippen molar-refractivity contribution in [1.29, 1.82) is 0 Å². The molecule has 0 unspecified atom stereocenters. The van der Waals surface area contributed by atoms with Gasteiger partial charge >= 0.3 is 0 Å². The van der Waals surface area contributed by atoms with Crippen molar-refractivity contribution in [3.8, 4) is 17.1 Å². The molecule has 1 amide bonds. The summed E-state index contributed by atoms with van der Waals surface area (Å²) in [5.74, 6) is -0.381. The van der Waals surface area contributed by atoms with Gasteiger partial charge in [0.25, 0.3) is 5.91 Å². The van der Waals surface area contributed by atoms with Crippen molar-refractivity contribution >= 4 is 23.6 Å². The first-order valence-corrected chi connectivity index (χ1v) is 9.66. The van der Waals surface area contributed by atoms with E-state index in [1.54, 1.807) is 6.21 Å². The van der Waals surface area contributed by atoms with Gasteiger partial charge in [0, 0.05) is 25.3 Å². The van der Waals surface area contributed by atoms with Crippen LogP contribution in [0.15, 0.2) is 58.3 Å². The van der Waals surface area contributed by atoms with E-state index in [0.717, 1.165) is 16.8 Å². The van der Waals surface area contributed by atoms with E-state index in [-0.39, 0.29) is 17.3 Å². The topological polar surface area (TPSA) is 140 Å². The Morgan fingerprint density at radius 2 is 1.84 bits per heavy atom. The molecule has 0 aliphatic carbocycles. The molecule has 0 fully saturated rings. The Morgan fingerprint density at radius 3 is 2.47 bits per heavy atom. The van der Waals surface area contributed by atoms with Gasteiger partial charge in [-0.05, 0) is 34.9 Å². The van der Waals surface area contributed by atoms with Crippen LogP contribution in [0, 0.1) is 6.92 Å². The molecule has 2 aromatic heterocycles. The Labute approximate surface area is 183 Å². The number of nitrogens with two attached hydrogens (primary N) is 1. The highest BCUT2D eigenvalue weighted by Gasteiger charge is 2.25. The van der Waals surface area contributed by atoms with E-state index in [1.165, 1.54) is 4.68 Å². The molecule has 2 heterocycles. The quantitative estimate of drug-likeness (QED) is 0.349. The molecule has 3 N–H and O–H groups in total. The zero-order chi connectivity index (χ0) is 22.7. The third-order valence-electron chi connectivity index (χ3n) is 4.70. The van der Waals surface area contributed by atoms with E-state index in [1.807, 2.05) is 74.4 Å². The molecule has 2 aromatic carbocycles. The molecule has 0 spiro atoms. The fourth-order valence-corrected chi connectivity index (χ4v) is 2.97. The summed E-state index contributed by atoms with van der Waals surface area (Å²) in [7, 11) is 3.93. The third kappa shape index (κ3) is 4.17. The standard InChI is InChI=1S/C21H21N9O2/c1-13-4-8-15(9-5-13)18-17(24-28-30(18)20-19(22)26-32-27-20)21(31)25-23-12-14-6-10-16(11-7-14)29(2)3/h4-12H,1-3H3,(H2,22,26)(H,25,31)/b23-12+. The van der Waals surface area contributed by atoms with Crippen molar-refractivity contribution in [1.82, 2.24) is 30.7 Å². The minimum absolute atomic E-state index is 0.0226. The molecule has 0 bridgehead atoms. The monoisotopic (exact) mass is 431 g/mol. The number of aromatic nitrogens is 5. The van der Waals surface area contributed by atoms with Crippen LogP contribution in [-0.2, 0) is 0 Å². The van der Waals surface area contributed by atoms with E-state index in [9.17, 15) is 4.79 Å². The number of hydrogen-bond donors (Lipinski definition) is 2. The molecule has 162 valence electrons. The van der Waals surface area contributed by atoms with Crippen molar-refractivity contribution in [2.24, 2.45) is 5.10 Å². The minimum Gasteiger partial charge on any atom is -0.378 e.